The number of fused-ring (bicyclic) bond motifs is 1. The molecule has 0 aliphatic rings. The van der Waals surface area contributed by atoms with Crippen LogP contribution in [0, 0.1) is 0 Å². The molecule has 0 saturated carbocycles. The van der Waals surface area contributed by atoms with E-state index in [2.05, 4.69) is 4.98 Å². The van der Waals surface area contributed by atoms with Crippen molar-refractivity contribution in [3.05, 3.63) is 24.3 Å². The van der Waals surface area contributed by atoms with Gasteiger partial charge in [0.05, 0.1) is 31.3 Å². The number of ether oxygens (including phenoxy) is 2. The van der Waals surface area contributed by atoms with Crippen LogP contribution < -0.4 is 4.74 Å². The van der Waals surface area contributed by atoms with Crippen molar-refractivity contribution in [2.75, 3.05) is 20.8 Å². The standard InChI is InChI=1S/C11H14N2O2/c1-14-8-7-13-10-6-4-3-5-9(10)12-11(13)15-2/h3-6H,7-8H2,1-2H3. The molecule has 2 rings (SSSR count). The number of hydrogen-bond acceptors (Lipinski definition) is 3. The zero-order chi connectivity index (χ0) is 10.7. The Morgan fingerprint density at radius 2 is 2.07 bits per heavy atom. The van der Waals surface area contributed by atoms with Crippen LogP contribution in [0.15, 0.2) is 24.3 Å². The fraction of sp³-hybridized carbons (Fsp3) is 0.364. The number of aromatic nitrogens is 2. The second-order valence-corrected chi connectivity index (χ2v) is 3.23. The van der Waals surface area contributed by atoms with Crippen LogP contribution in [0.5, 0.6) is 6.01 Å². The minimum atomic E-state index is 0.633. The molecule has 1 aromatic carbocycles. The molecule has 0 unspecified atom stereocenters. The molecular weight excluding hydrogens is 192 g/mol. The molecule has 4 heteroatoms. The van der Waals surface area contributed by atoms with Crippen molar-refractivity contribution in [3.63, 3.8) is 0 Å². The zero-order valence-electron chi connectivity index (χ0n) is 8.93. The minimum absolute atomic E-state index is 0.633. The van der Waals surface area contributed by atoms with Gasteiger partial charge in [0.2, 0.25) is 0 Å². The first-order valence-electron chi connectivity index (χ1n) is 4.85. The van der Waals surface area contributed by atoms with Crippen LogP contribution in [0.25, 0.3) is 11.0 Å². The van der Waals surface area contributed by atoms with Gasteiger partial charge in [-0.15, -0.1) is 0 Å². The smallest absolute Gasteiger partial charge is 0.297 e. The lowest BCUT2D eigenvalue weighted by Crippen LogP contribution is -2.05. The Kier molecular flexibility index (Phi) is 2.87. The molecule has 80 valence electrons. The van der Waals surface area contributed by atoms with Crippen LogP contribution in [-0.4, -0.2) is 30.4 Å². The fourth-order valence-electron chi connectivity index (χ4n) is 1.61. The topological polar surface area (TPSA) is 36.3 Å². The molecule has 0 atom stereocenters. The molecule has 1 aromatic heterocycles. The Hall–Kier alpha value is -1.55. The van der Waals surface area contributed by atoms with E-state index in [0.717, 1.165) is 17.6 Å². The number of para-hydroxylation sites is 2. The average Bonchev–Trinajstić information content (AvgIpc) is 2.64. The molecule has 0 radical (unpaired) electrons. The summed E-state index contributed by atoms with van der Waals surface area (Å²) < 4.78 is 12.3. The third kappa shape index (κ3) is 1.80. The van der Waals surface area contributed by atoms with Crippen LogP contribution in [0.2, 0.25) is 0 Å². The van der Waals surface area contributed by atoms with Gasteiger partial charge in [0, 0.05) is 7.11 Å². The molecule has 1 heterocycles. The largest absolute Gasteiger partial charge is 0.468 e. The molecule has 0 aliphatic carbocycles. The van der Waals surface area contributed by atoms with Crippen molar-refractivity contribution in [2.24, 2.45) is 0 Å². The van der Waals surface area contributed by atoms with Crippen LogP contribution in [0.3, 0.4) is 0 Å². The fourth-order valence-corrected chi connectivity index (χ4v) is 1.61. The lowest BCUT2D eigenvalue weighted by atomic mass is 10.3. The number of rotatable bonds is 4. The molecular formula is C11H14N2O2. The first-order valence-corrected chi connectivity index (χ1v) is 4.85. The van der Waals surface area contributed by atoms with Gasteiger partial charge in [-0.3, -0.25) is 4.57 Å². The normalized spacial score (nSPS) is 10.8. The van der Waals surface area contributed by atoms with Gasteiger partial charge in [0.15, 0.2) is 0 Å². The van der Waals surface area contributed by atoms with Crippen molar-refractivity contribution in [1.82, 2.24) is 9.55 Å². The van der Waals surface area contributed by atoms with E-state index in [0.29, 0.717) is 12.6 Å². The first-order chi connectivity index (χ1) is 7.36. The third-order valence-electron chi connectivity index (χ3n) is 2.32. The third-order valence-corrected chi connectivity index (χ3v) is 2.32. The highest BCUT2D eigenvalue weighted by Gasteiger charge is 2.09. The Bertz CT molecular complexity index is 451. The summed E-state index contributed by atoms with van der Waals surface area (Å²) in [6.07, 6.45) is 0. The SMILES string of the molecule is COCCn1c(OC)nc2ccccc21. The van der Waals surface area contributed by atoms with E-state index in [1.165, 1.54) is 0 Å². The van der Waals surface area contributed by atoms with Gasteiger partial charge in [-0.25, -0.2) is 0 Å². The van der Waals surface area contributed by atoms with E-state index >= 15 is 0 Å². The minimum Gasteiger partial charge on any atom is -0.468 e. The van der Waals surface area contributed by atoms with Crippen molar-refractivity contribution >= 4 is 11.0 Å². The number of hydrogen-bond donors (Lipinski definition) is 0. The Morgan fingerprint density at radius 3 is 2.80 bits per heavy atom. The molecule has 0 amide bonds. The van der Waals surface area contributed by atoms with Crippen LogP contribution in [-0.2, 0) is 11.3 Å². The van der Waals surface area contributed by atoms with Gasteiger partial charge in [0.1, 0.15) is 0 Å². The summed E-state index contributed by atoms with van der Waals surface area (Å²) in [7, 11) is 3.32. The van der Waals surface area contributed by atoms with Gasteiger partial charge in [-0.1, -0.05) is 12.1 Å². The van der Waals surface area contributed by atoms with Gasteiger partial charge < -0.3 is 9.47 Å². The number of methoxy groups -OCH3 is 2. The van der Waals surface area contributed by atoms with E-state index < -0.39 is 0 Å². The molecule has 0 saturated heterocycles. The van der Waals surface area contributed by atoms with E-state index in [4.69, 9.17) is 9.47 Å². The van der Waals surface area contributed by atoms with Gasteiger partial charge in [-0.05, 0) is 12.1 Å². The maximum atomic E-state index is 5.22. The number of benzene rings is 1. The molecule has 0 N–H and O–H groups in total. The van der Waals surface area contributed by atoms with Crippen molar-refractivity contribution in [2.45, 2.75) is 6.54 Å². The van der Waals surface area contributed by atoms with Gasteiger partial charge in [0.25, 0.3) is 6.01 Å². The average molecular weight is 206 g/mol. The summed E-state index contributed by atoms with van der Waals surface area (Å²) in [4.78, 5) is 4.37. The Balaban J connectivity index is 2.47. The van der Waals surface area contributed by atoms with Crippen molar-refractivity contribution in [3.8, 4) is 6.01 Å². The zero-order valence-corrected chi connectivity index (χ0v) is 8.93. The molecule has 0 aliphatic heterocycles. The number of imidazole rings is 1. The molecule has 0 spiro atoms. The van der Waals surface area contributed by atoms with Crippen LogP contribution in [0.1, 0.15) is 0 Å². The summed E-state index contributed by atoms with van der Waals surface area (Å²) >= 11 is 0. The second-order valence-electron chi connectivity index (χ2n) is 3.23. The van der Waals surface area contributed by atoms with Crippen molar-refractivity contribution < 1.29 is 9.47 Å². The predicted molar refractivity (Wildman–Crippen MR) is 58.2 cm³/mol. The van der Waals surface area contributed by atoms with Crippen LogP contribution >= 0.6 is 0 Å². The molecule has 2 aromatic rings. The summed E-state index contributed by atoms with van der Waals surface area (Å²) in [6, 6.07) is 8.59. The molecule has 0 fully saturated rings. The van der Waals surface area contributed by atoms with Gasteiger partial charge in [-0.2, -0.15) is 4.98 Å². The quantitative estimate of drug-likeness (QED) is 0.763. The monoisotopic (exact) mass is 206 g/mol. The van der Waals surface area contributed by atoms with E-state index in [-0.39, 0.29) is 0 Å². The number of nitrogens with zero attached hydrogens (tertiary/aromatic N) is 2. The van der Waals surface area contributed by atoms with E-state index in [1.807, 2.05) is 28.8 Å². The Morgan fingerprint density at radius 1 is 1.27 bits per heavy atom. The summed E-state index contributed by atoms with van der Waals surface area (Å²) in [5.41, 5.74) is 2.02. The lowest BCUT2D eigenvalue weighted by Gasteiger charge is -2.06. The van der Waals surface area contributed by atoms with E-state index in [9.17, 15) is 0 Å². The van der Waals surface area contributed by atoms with E-state index in [1.54, 1.807) is 14.2 Å². The lowest BCUT2D eigenvalue weighted by molar-refractivity contribution is 0.184. The summed E-state index contributed by atoms with van der Waals surface area (Å²) in [5, 5.41) is 0. The maximum absolute atomic E-state index is 5.22. The highest BCUT2D eigenvalue weighted by atomic mass is 16.5. The highest BCUT2D eigenvalue weighted by molar-refractivity contribution is 5.76. The Labute approximate surface area is 88.4 Å². The summed E-state index contributed by atoms with van der Waals surface area (Å²) in [6.45, 7) is 1.40. The maximum Gasteiger partial charge on any atom is 0.297 e. The predicted octanol–water partition coefficient (Wildman–Crippen LogP) is 1.69. The van der Waals surface area contributed by atoms with Gasteiger partial charge >= 0.3 is 0 Å². The van der Waals surface area contributed by atoms with Crippen LogP contribution in [0.4, 0.5) is 0 Å². The molecule has 4 nitrogen and oxygen atoms in total. The van der Waals surface area contributed by atoms with Crippen molar-refractivity contribution in [1.29, 1.82) is 0 Å². The molecule has 0 bridgehead atoms. The first kappa shape index (κ1) is 9.98. The summed E-state index contributed by atoms with van der Waals surface area (Å²) in [5.74, 6) is 0. The second kappa shape index (κ2) is 4.31. The molecule has 15 heavy (non-hydrogen) atoms. The highest BCUT2D eigenvalue weighted by Crippen LogP contribution is 2.20.